The van der Waals surface area contributed by atoms with Gasteiger partial charge in [-0.15, -0.1) is 0 Å². The fourth-order valence-corrected chi connectivity index (χ4v) is 4.06. The van der Waals surface area contributed by atoms with Crippen molar-refractivity contribution >= 4 is 27.3 Å². The number of amides is 2. The fraction of sp³-hybridized carbons (Fsp3) is 0.368. The zero-order chi connectivity index (χ0) is 20.2. The van der Waals surface area contributed by atoms with E-state index >= 15 is 0 Å². The second kappa shape index (κ2) is 8.39. The summed E-state index contributed by atoms with van der Waals surface area (Å²) in [6, 6.07) is 6.91. The van der Waals surface area contributed by atoms with Crippen LogP contribution in [0, 0.1) is 0 Å². The lowest BCUT2D eigenvalue weighted by Crippen LogP contribution is -2.47. The number of rotatable bonds is 6. The lowest BCUT2D eigenvalue weighted by atomic mass is 10.1. The summed E-state index contributed by atoms with van der Waals surface area (Å²) in [5, 5.41) is 2.58. The third-order valence-corrected chi connectivity index (χ3v) is 5.86. The van der Waals surface area contributed by atoms with Crippen molar-refractivity contribution in [3.05, 3.63) is 54.4 Å². The number of nitrogens with zero attached hydrogens (tertiary/aromatic N) is 2. The van der Waals surface area contributed by atoms with Gasteiger partial charge in [0, 0.05) is 35.7 Å². The molecule has 1 saturated heterocycles. The first-order valence-corrected chi connectivity index (χ1v) is 10.4. The number of anilines is 1. The van der Waals surface area contributed by atoms with Gasteiger partial charge in [0.1, 0.15) is 0 Å². The number of benzene rings is 1. The number of sulfone groups is 1. The monoisotopic (exact) mass is 391 g/mol. The highest BCUT2D eigenvalue weighted by molar-refractivity contribution is 7.91. The summed E-state index contributed by atoms with van der Waals surface area (Å²) in [7, 11) is -3.04. The van der Waals surface area contributed by atoms with Gasteiger partial charge in [0.25, 0.3) is 5.91 Å². The molecule has 0 saturated carbocycles. The first-order valence-electron chi connectivity index (χ1n) is 8.58. The second-order valence-corrected chi connectivity index (χ2v) is 8.87. The molecule has 1 aromatic rings. The molecule has 2 amide bonds. The van der Waals surface area contributed by atoms with Crippen LogP contribution in [0.25, 0.3) is 0 Å². The van der Waals surface area contributed by atoms with E-state index in [9.17, 15) is 18.0 Å². The van der Waals surface area contributed by atoms with E-state index in [0.717, 1.165) is 17.1 Å². The van der Waals surface area contributed by atoms with Crippen molar-refractivity contribution in [3.8, 4) is 0 Å². The van der Waals surface area contributed by atoms with Gasteiger partial charge in [-0.2, -0.15) is 0 Å². The van der Waals surface area contributed by atoms with Gasteiger partial charge in [0.05, 0.1) is 18.1 Å². The normalized spacial score (nSPS) is 15.7. The minimum Gasteiger partial charge on any atom is -0.343 e. The molecule has 1 aromatic carbocycles. The Morgan fingerprint density at radius 3 is 2.07 bits per heavy atom. The Bertz CT molecular complexity index is 831. The van der Waals surface area contributed by atoms with Crippen LogP contribution in [0.1, 0.15) is 24.2 Å². The van der Waals surface area contributed by atoms with Crippen LogP contribution < -0.4 is 10.2 Å². The molecule has 8 heteroatoms. The highest BCUT2D eigenvalue weighted by Crippen LogP contribution is 2.22. The second-order valence-electron chi connectivity index (χ2n) is 6.57. The van der Waals surface area contributed by atoms with Crippen molar-refractivity contribution in [2.24, 2.45) is 0 Å². The van der Waals surface area contributed by atoms with Crippen molar-refractivity contribution in [3.63, 3.8) is 0 Å². The minimum atomic E-state index is -3.04. The number of carbonyl (C=O) groups excluding carboxylic acids is 2. The molecule has 0 radical (unpaired) electrons. The summed E-state index contributed by atoms with van der Waals surface area (Å²) in [6.45, 7) is 11.8. The summed E-state index contributed by atoms with van der Waals surface area (Å²) in [6.07, 6.45) is 0. The van der Waals surface area contributed by atoms with Gasteiger partial charge in [-0.1, -0.05) is 13.2 Å². The van der Waals surface area contributed by atoms with Gasteiger partial charge in [-0.05, 0) is 38.1 Å². The molecule has 146 valence electrons. The van der Waals surface area contributed by atoms with Crippen molar-refractivity contribution in [2.75, 3.05) is 36.0 Å². The first-order chi connectivity index (χ1) is 12.6. The van der Waals surface area contributed by atoms with E-state index in [0.29, 0.717) is 5.56 Å². The molecule has 1 heterocycles. The smallest absolute Gasteiger partial charge is 0.251 e. The van der Waals surface area contributed by atoms with Gasteiger partial charge in [0.2, 0.25) is 5.91 Å². The van der Waals surface area contributed by atoms with Crippen molar-refractivity contribution < 1.29 is 18.0 Å². The molecular weight excluding hydrogens is 366 g/mol. The van der Waals surface area contributed by atoms with Gasteiger partial charge in [-0.3, -0.25) is 9.59 Å². The van der Waals surface area contributed by atoms with E-state index in [2.05, 4.69) is 18.5 Å². The highest BCUT2D eigenvalue weighted by Gasteiger charge is 2.25. The minimum absolute atomic E-state index is 0.0317. The summed E-state index contributed by atoms with van der Waals surface area (Å²) in [5.41, 5.74) is 2.90. The average molecular weight is 391 g/mol. The molecule has 0 aromatic heterocycles. The summed E-state index contributed by atoms with van der Waals surface area (Å²) >= 11 is 0. The molecule has 1 aliphatic rings. The van der Waals surface area contributed by atoms with Crippen molar-refractivity contribution in [2.45, 2.75) is 13.8 Å². The maximum atomic E-state index is 12.3. The van der Waals surface area contributed by atoms with Crippen molar-refractivity contribution in [1.29, 1.82) is 0 Å². The van der Waals surface area contributed by atoms with Gasteiger partial charge < -0.3 is 15.1 Å². The SMILES string of the molecule is C=C(C)N(C(=C)C)c1ccc(C(=O)NCC(=O)N2CCS(=O)(=O)CC2)cc1. The molecule has 0 atom stereocenters. The predicted octanol–water partition coefficient (Wildman–Crippen LogP) is 1.55. The molecule has 2 rings (SSSR count). The standard InChI is InChI=1S/C19H25N3O4S/c1-14(2)22(15(3)4)17-7-5-16(6-8-17)19(24)20-13-18(23)21-9-11-27(25,26)12-10-21/h5-8H,1,3,9-13H2,2,4H3,(H,20,24). The third-order valence-electron chi connectivity index (χ3n) is 4.25. The Hall–Kier alpha value is -2.61. The topological polar surface area (TPSA) is 86.8 Å². The molecular formula is C19H25N3O4S. The fourth-order valence-electron chi connectivity index (χ4n) is 2.86. The molecule has 1 N–H and O–H groups in total. The van der Waals surface area contributed by atoms with Crippen LogP contribution in [-0.4, -0.2) is 56.3 Å². The van der Waals surface area contributed by atoms with Crippen LogP contribution >= 0.6 is 0 Å². The number of nitrogens with one attached hydrogen (secondary N) is 1. The van der Waals surface area contributed by atoms with E-state index in [1.54, 1.807) is 24.3 Å². The average Bonchev–Trinajstić information content (AvgIpc) is 2.59. The van der Waals surface area contributed by atoms with Crippen LogP contribution in [0.4, 0.5) is 5.69 Å². The van der Waals surface area contributed by atoms with E-state index < -0.39 is 9.84 Å². The number of allylic oxidation sites excluding steroid dienone is 2. The van der Waals surface area contributed by atoms with Gasteiger partial charge in [0.15, 0.2) is 9.84 Å². The number of hydrogen-bond acceptors (Lipinski definition) is 5. The van der Waals surface area contributed by atoms with Gasteiger partial charge >= 0.3 is 0 Å². The van der Waals surface area contributed by atoms with Crippen LogP contribution in [0.15, 0.2) is 48.8 Å². The van der Waals surface area contributed by atoms with Crippen LogP contribution in [-0.2, 0) is 14.6 Å². The summed E-state index contributed by atoms with van der Waals surface area (Å²) in [4.78, 5) is 27.7. The molecule has 1 fully saturated rings. The molecule has 27 heavy (non-hydrogen) atoms. The predicted molar refractivity (Wildman–Crippen MR) is 106 cm³/mol. The van der Waals surface area contributed by atoms with Gasteiger partial charge in [-0.25, -0.2) is 8.42 Å². The largest absolute Gasteiger partial charge is 0.343 e. The third kappa shape index (κ3) is 5.43. The Balaban J connectivity index is 1.93. The summed E-state index contributed by atoms with van der Waals surface area (Å²) in [5.74, 6) is -0.714. The lowest BCUT2D eigenvalue weighted by molar-refractivity contribution is -0.129. The Kier molecular flexibility index (Phi) is 6.43. The maximum absolute atomic E-state index is 12.3. The van der Waals surface area contributed by atoms with Crippen molar-refractivity contribution in [1.82, 2.24) is 10.2 Å². The first kappa shape index (κ1) is 20.7. The van der Waals surface area contributed by atoms with E-state index in [4.69, 9.17) is 0 Å². The maximum Gasteiger partial charge on any atom is 0.251 e. The zero-order valence-corrected chi connectivity index (χ0v) is 16.5. The van der Waals surface area contributed by atoms with E-state index in [1.165, 1.54) is 4.90 Å². The molecule has 7 nitrogen and oxygen atoms in total. The molecule has 1 aliphatic heterocycles. The highest BCUT2D eigenvalue weighted by atomic mass is 32.2. The van der Waals surface area contributed by atoms with Crippen LogP contribution in [0.5, 0.6) is 0 Å². The van der Waals surface area contributed by atoms with E-state index in [1.807, 2.05) is 18.7 Å². The number of hydrogen-bond donors (Lipinski definition) is 1. The zero-order valence-electron chi connectivity index (χ0n) is 15.7. The molecule has 0 aliphatic carbocycles. The molecule has 0 spiro atoms. The van der Waals surface area contributed by atoms with Crippen LogP contribution in [0.3, 0.4) is 0 Å². The Morgan fingerprint density at radius 1 is 1.07 bits per heavy atom. The molecule has 0 unspecified atom stereocenters. The lowest BCUT2D eigenvalue weighted by Gasteiger charge is -2.26. The number of carbonyl (C=O) groups is 2. The molecule has 0 bridgehead atoms. The van der Waals surface area contributed by atoms with E-state index in [-0.39, 0.29) is 43.0 Å². The quantitative estimate of drug-likeness (QED) is 0.795. The Morgan fingerprint density at radius 2 is 1.59 bits per heavy atom. The van der Waals surface area contributed by atoms with Crippen LogP contribution in [0.2, 0.25) is 0 Å². The Labute approximate surface area is 160 Å². The summed E-state index contributed by atoms with van der Waals surface area (Å²) < 4.78 is 22.8.